The fourth-order valence-corrected chi connectivity index (χ4v) is 1.45. The van der Waals surface area contributed by atoms with E-state index in [1.165, 1.54) is 10.7 Å². The third-order valence-corrected chi connectivity index (χ3v) is 2.03. The van der Waals surface area contributed by atoms with Gasteiger partial charge in [0, 0.05) is 12.4 Å². The van der Waals surface area contributed by atoms with Gasteiger partial charge in [0.15, 0.2) is 11.2 Å². The Balaban J connectivity index is 2.92. The smallest absolute Gasteiger partial charge is 0.290 e. The number of hydrogen-bond acceptors (Lipinski definition) is 3. The van der Waals surface area contributed by atoms with Crippen LogP contribution >= 0.6 is 0 Å². The number of rotatable bonds is 0. The average molecular weight is 176 g/mol. The first-order valence-electron chi connectivity index (χ1n) is 3.67. The standard InChI is InChI=1S/C7H4N4O2/c12-5-4-6-10(3-8-4)1-2-11(6)7(13)9-5/h1-3H,(H,9,12,13). The van der Waals surface area contributed by atoms with Crippen LogP contribution in [-0.2, 0) is 0 Å². The molecule has 6 nitrogen and oxygen atoms in total. The van der Waals surface area contributed by atoms with E-state index in [2.05, 4.69) is 9.97 Å². The van der Waals surface area contributed by atoms with Gasteiger partial charge < -0.3 is 0 Å². The molecule has 0 aliphatic rings. The molecule has 3 aromatic heterocycles. The zero-order valence-corrected chi connectivity index (χ0v) is 6.39. The summed E-state index contributed by atoms with van der Waals surface area (Å²) in [5, 5.41) is 0. The van der Waals surface area contributed by atoms with Gasteiger partial charge in [-0.15, -0.1) is 0 Å². The molecule has 3 heterocycles. The van der Waals surface area contributed by atoms with Crippen molar-refractivity contribution in [3.8, 4) is 0 Å². The Labute approximate surface area is 70.4 Å². The summed E-state index contributed by atoms with van der Waals surface area (Å²) in [5.41, 5.74) is -0.0787. The highest BCUT2D eigenvalue weighted by Gasteiger charge is 2.09. The van der Waals surface area contributed by atoms with Crippen LogP contribution in [-0.4, -0.2) is 18.8 Å². The van der Waals surface area contributed by atoms with Gasteiger partial charge >= 0.3 is 5.69 Å². The number of H-pyrrole nitrogens is 1. The molecule has 3 rings (SSSR count). The van der Waals surface area contributed by atoms with Crippen LogP contribution in [0.2, 0.25) is 0 Å². The van der Waals surface area contributed by atoms with E-state index in [1.54, 1.807) is 16.8 Å². The molecule has 0 aliphatic carbocycles. The molecular formula is C7H4N4O2. The average Bonchev–Trinajstić information content (AvgIpc) is 2.60. The topological polar surface area (TPSA) is 71.6 Å². The van der Waals surface area contributed by atoms with E-state index in [0.29, 0.717) is 5.65 Å². The fourth-order valence-electron chi connectivity index (χ4n) is 1.45. The first-order valence-corrected chi connectivity index (χ1v) is 3.67. The maximum atomic E-state index is 11.2. The van der Waals surface area contributed by atoms with Crippen molar-refractivity contribution in [3.05, 3.63) is 39.6 Å². The van der Waals surface area contributed by atoms with Crippen LogP contribution in [0.3, 0.4) is 0 Å². The SMILES string of the molecule is O=c1[nH]c(=O)n2ccn3cnc1c32. The minimum Gasteiger partial charge on any atom is -0.290 e. The van der Waals surface area contributed by atoms with Crippen LogP contribution in [0.1, 0.15) is 0 Å². The van der Waals surface area contributed by atoms with Gasteiger partial charge in [0.1, 0.15) is 6.33 Å². The first-order chi connectivity index (χ1) is 6.27. The van der Waals surface area contributed by atoms with E-state index in [9.17, 15) is 9.59 Å². The normalized spacial score (nSPS) is 11.7. The molecule has 64 valence electrons. The van der Waals surface area contributed by atoms with Crippen molar-refractivity contribution in [3.63, 3.8) is 0 Å². The summed E-state index contributed by atoms with van der Waals surface area (Å²) in [7, 11) is 0. The second-order valence-electron chi connectivity index (χ2n) is 2.75. The van der Waals surface area contributed by atoms with Crippen molar-refractivity contribution >= 4 is 11.2 Å². The summed E-state index contributed by atoms with van der Waals surface area (Å²) in [6, 6.07) is 0. The summed E-state index contributed by atoms with van der Waals surface area (Å²) in [6.45, 7) is 0. The summed E-state index contributed by atoms with van der Waals surface area (Å²) in [6.07, 6.45) is 4.76. The highest BCUT2D eigenvalue weighted by atomic mass is 16.2. The van der Waals surface area contributed by atoms with Gasteiger partial charge in [0.25, 0.3) is 5.56 Å². The third kappa shape index (κ3) is 0.605. The molecule has 0 spiro atoms. The molecule has 0 aliphatic heterocycles. The Hall–Kier alpha value is -2.11. The van der Waals surface area contributed by atoms with E-state index >= 15 is 0 Å². The first kappa shape index (κ1) is 6.41. The number of hydrogen-bond donors (Lipinski definition) is 1. The van der Waals surface area contributed by atoms with E-state index in [-0.39, 0.29) is 5.52 Å². The zero-order chi connectivity index (χ0) is 9.00. The maximum Gasteiger partial charge on any atom is 0.334 e. The van der Waals surface area contributed by atoms with Gasteiger partial charge in [-0.25, -0.2) is 9.78 Å². The molecule has 0 saturated heterocycles. The highest BCUT2D eigenvalue weighted by Crippen LogP contribution is 2.05. The summed E-state index contributed by atoms with van der Waals surface area (Å²) in [4.78, 5) is 28.5. The quantitative estimate of drug-likeness (QED) is 0.481. The molecule has 0 radical (unpaired) electrons. The lowest BCUT2D eigenvalue weighted by atomic mass is 10.5. The summed E-state index contributed by atoms with van der Waals surface area (Å²) < 4.78 is 2.98. The Morgan fingerprint density at radius 3 is 3.00 bits per heavy atom. The van der Waals surface area contributed by atoms with Crippen LogP contribution < -0.4 is 11.2 Å². The minimum atomic E-state index is -0.446. The predicted octanol–water partition coefficient (Wildman–Crippen LogP) is -0.927. The summed E-state index contributed by atoms with van der Waals surface area (Å²) >= 11 is 0. The van der Waals surface area contributed by atoms with Gasteiger partial charge in [-0.3, -0.25) is 18.6 Å². The molecule has 6 heteroatoms. The highest BCUT2D eigenvalue weighted by molar-refractivity contribution is 5.70. The van der Waals surface area contributed by atoms with Crippen LogP contribution in [0, 0.1) is 0 Å². The van der Waals surface area contributed by atoms with Crippen molar-refractivity contribution in [2.45, 2.75) is 0 Å². The van der Waals surface area contributed by atoms with E-state index in [0.717, 1.165) is 0 Å². The molecule has 0 atom stereocenters. The van der Waals surface area contributed by atoms with Crippen LogP contribution in [0.5, 0.6) is 0 Å². The molecule has 3 aromatic rings. The molecule has 0 amide bonds. The molecule has 0 saturated carbocycles. The van der Waals surface area contributed by atoms with Crippen LogP contribution in [0.15, 0.2) is 28.3 Å². The predicted molar refractivity (Wildman–Crippen MR) is 44.2 cm³/mol. The number of nitrogens with zero attached hydrogens (tertiary/aromatic N) is 3. The maximum absolute atomic E-state index is 11.2. The molecule has 0 unspecified atom stereocenters. The fraction of sp³-hybridized carbons (Fsp3) is 0. The second-order valence-corrected chi connectivity index (χ2v) is 2.75. The van der Waals surface area contributed by atoms with Crippen molar-refractivity contribution in [2.75, 3.05) is 0 Å². The lowest BCUT2D eigenvalue weighted by molar-refractivity contribution is 0.987. The largest absolute Gasteiger partial charge is 0.334 e. The van der Waals surface area contributed by atoms with Gasteiger partial charge in [-0.05, 0) is 0 Å². The molecular weight excluding hydrogens is 172 g/mol. The molecule has 0 bridgehead atoms. The molecule has 0 fully saturated rings. The van der Waals surface area contributed by atoms with Gasteiger partial charge in [0.2, 0.25) is 0 Å². The third-order valence-electron chi connectivity index (χ3n) is 2.03. The number of nitrogens with one attached hydrogen (secondary N) is 1. The number of aromatic amines is 1. The van der Waals surface area contributed by atoms with Crippen molar-refractivity contribution in [1.82, 2.24) is 18.8 Å². The lowest BCUT2D eigenvalue weighted by Gasteiger charge is -1.89. The lowest BCUT2D eigenvalue weighted by Crippen LogP contribution is -2.25. The number of imidazole rings is 2. The van der Waals surface area contributed by atoms with Crippen LogP contribution in [0.4, 0.5) is 0 Å². The minimum absolute atomic E-state index is 0.282. The van der Waals surface area contributed by atoms with Gasteiger partial charge in [0.05, 0.1) is 0 Å². The Morgan fingerprint density at radius 1 is 1.31 bits per heavy atom. The molecule has 0 aromatic carbocycles. The monoisotopic (exact) mass is 176 g/mol. The van der Waals surface area contributed by atoms with Crippen molar-refractivity contribution in [2.24, 2.45) is 0 Å². The van der Waals surface area contributed by atoms with E-state index in [1.807, 2.05) is 0 Å². The second kappa shape index (κ2) is 1.79. The van der Waals surface area contributed by atoms with E-state index in [4.69, 9.17) is 0 Å². The Bertz CT molecular complexity index is 635. The van der Waals surface area contributed by atoms with Crippen molar-refractivity contribution < 1.29 is 0 Å². The zero-order valence-electron chi connectivity index (χ0n) is 6.39. The Kier molecular flexibility index (Phi) is 0.883. The number of aromatic nitrogens is 4. The van der Waals surface area contributed by atoms with Crippen LogP contribution in [0.25, 0.3) is 11.2 Å². The Morgan fingerprint density at radius 2 is 2.15 bits per heavy atom. The van der Waals surface area contributed by atoms with E-state index < -0.39 is 11.2 Å². The molecule has 1 N–H and O–H groups in total. The molecule has 13 heavy (non-hydrogen) atoms. The summed E-state index contributed by atoms with van der Waals surface area (Å²) in [5.74, 6) is 0. The van der Waals surface area contributed by atoms with Gasteiger partial charge in [-0.1, -0.05) is 0 Å². The van der Waals surface area contributed by atoms with Gasteiger partial charge in [-0.2, -0.15) is 0 Å². The van der Waals surface area contributed by atoms with Crippen molar-refractivity contribution in [1.29, 1.82) is 0 Å².